The molecule has 0 radical (unpaired) electrons. The molecule has 1 atom stereocenters. The molecule has 0 aliphatic carbocycles. The van der Waals surface area contributed by atoms with Gasteiger partial charge < -0.3 is 14.2 Å². The van der Waals surface area contributed by atoms with E-state index in [9.17, 15) is 0 Å². The molecule has 1 unspecified atom stereocenters. The van der Waals surface area contributed by atoms with E-state index in [2.05, 4.69) is 23.8 Å². The maximum atomic E-state index is 5.75. The first-order valence-electron chi connectivity index (χ1n) is 7.83. The molecule has 0 spiro atoms. The predicted octanol–water partition coefficient (Wildman–Crippen LogP) is 3.87. The second kappa shape index (κ2) is 10.2. The van der Waals surface area contributed by atoms with Crippen LogP contribution in [-0.2, 0) is 0 Å². The molecule has 0 aliphatic heterocycles. The van der Waals surface area contributed by atoms with Gasteiger partial charge in [-0.05, 0) is 18.8 Å². The normalized spacial score (nSPS) is 12.0. The second-order valence-corrected chi connectivity index (χ2v) is 5.20. The summed E-state index contributed by atoms with van der Waals surface area (Å²) < 4.78 is 16.0. The van der Waals surface area contributed by atoms with Gasteiger partial charge in [-0.1, -0.05) is 39.5 Å². The minimum atomic E-state index is 0.322. The molecule has 0 aromatic carbocycles. The van der Waals surface area contributed by atoms with Crippen LogP contribution in [0.1, 0.15) is 52.4 Å². The van der Waals surface area contributed by atoms with E-state index in [0.29, 0.717) is 30.3 Å². The van der Waals surface area contributed by atoms with Crippen molar-refractivity contribution in [2.45, 2.75) is 52.4 Å². The lowest BCUT2D eigenvalue weighted by molar-refractivity contribution is 0.207. The molecule has 0 aliphatic rings. The van der Waals surface area contributed by atoms with E-state index < -0.39 is 0 Å². The number of unbranched alkanes of at least 4 members (excludes halogenated alkanes) is 2. The van der Waals surface area contributed by atoms with Gasteiger partial charge in [0.2, 0.25) is 11.8 Å². The van der Waals surface area contributed by atoms with E-state index in [4.69, 9.17) is 14.2 Å². The van der Waals surface area contributed by atoms with Gasteiger partial charge in [-0.15, -0.1) is 0 Å². The number of aromatic nitrogens is 2. The van der Waals surface area contributed by atoms with Crippen LogP contribution >= 0.6 is 0 Å². The largest absolute Gasteiger partial charge is 0.481 e. The first kappa shape index (κ1) is 17.5. The van der Waals surface area contributed by atoms with Crippen LogP contribution in [0.4, 0.5) is 0 Å². The Morgan fingerprint density at radius 3 is 2.14 bits per heavy atom. The van der Waals surface area contributed by atoms with Crippen molar-refractivity contribution in [2.75, 3.05) is 20.8 Å². The smallest absolute Gasteiger partial charge is 0.323 e. The molecular weight excluding hydrogens is 268 g/mol. The highest BCUT2D eigenvalue weighted by Gasteiger charge is 2.12. The van der Waals surface area contributed by atoms with Crippen LogP contribution in [0.3, 0.4) is 0 Å². The van der Waals surface area contributed by atoms with Gasteiger partial charge in [0.25, 0.3) is 0 Å². The molecule has 120 valence electrons. The third kappa shape index (κ3) is 6.65. The quantitative estimate of drug-likeness (QED) is 0.580. The van der Waals surface area contributed by atoms with E-state index in [-0.39, 0.29) is 0 Å². The molecule has 0 amide bonds. The molecular formula is C16H28N2O3. The van der Waals surface area contributed by atoms with Crippen LogP contribution in [0.25, 0.3) is 0 Å². The maximum absolute atomic E-state index is 5.75. The van der Waals surface area contributed by atoms with Crippen LogP contribution < -0.4 is 14.2 Å². The van der Waals surface area contributed by atoms with E-state index in [1.165, 1.54) is 38.5 Å². The van der Waals surface area contributed by atoms with Gasteiger partial charge in [-0.3, -0.25) is 0 Å². The Morgan fingerprint density at radius 2 is 1.62 bits per heavy atom. The Hall–Kier alpha value is -1.52. The van der Waals surface area contributed by atoms with Crippen molar-refractivity contribution >= 4 is 0 Å². The zero-order valence-electron chi connectivity index (χ0n) is 13.7. The van der Waals surface area contributed by atoms with E-state index in [1.54, 1.807) is 20.3 Å². The van der Waals surface area contributed by atoms with Crippen LogP contribution in [0.2, 0.25) is 0 Å². The molecule has 21 heavy (non-hydrogen) atoms. The third-order valence-corrected chi connectivity index (χ3v) is 3.44. The fraction of sp³-hybridized carbons (Fsp3) is 0.750. The van der Waals surface area contributed by atoms with Gasteiger partial charge in [0.1, 0.15) is 0 Å². The molecule has 0 saturated heterocycles. The molecule has 1 heterocycles. The molecule has 5 nitrogen and oxygen atoms in total. The number of methoxy groups -OCH3 is 2. The van der Waals surface area contributed by atoms with E-state index >= 15 is 0 Å². The Morgan fingerprint density at radius 1 is 0.952 bits per heavy atom. The zero-order valence-corrected chi connectivity index (χ0v) is 13.7. The van der Waals surface area contributed by atoms with Crippen molar-refractivity contribution in [1.82, 2.24) is 9.97 Å². The minimum Gasteiger partial charge on any atom is -0.481 e. The Balaban J connectivity index is 2.57. The van der Waals surface area contributed by atoms with Gasteiger partial charge in [0.05, 0.1) is 26.9 Å². The average Bonchev–Trinajstić information content (AvgIpc) is 2.52. The summed E-state index contributed by atoms with van der Waals surface area (Å²) in [6.45, 7) is 5.08. The van der Waals surface area contributed by atoms with Crippen molar-refractivity contribution in [1.29, 1.82) is 0 Å². The van der Waals surface area contributed by atoms with Crippen molar-refractivity contribution in [2.24, 2.45) is 5.92 Å². The molecule has 0 N–H and O–H groups in total. The van der Waals surface area contributed by atoms with Crippen molar-refractivity contribution in [3.05, 3.63) is 6.07 Å². The lowest BCUT2D eigenvalue weighted by Crippen LogP contribution is -2.14. The summed E-state index contributed by atoms with van der Waals surface area (Å²) in [6, 6.07) is 1.96. The summed E-state index contributed by atoms with van der Waals surface area (Å²) in [6.07, 6.45) is 7.32. The number of hydrogen-bond donors (Lipinski definition) is 0. The van der Waals surface area contributed by atoms with Gasteiger partial charge in [0.15, 0.2) is 0 Å². The summed E-state index contributed by atoms with van der Waals surface area (Å²) in [5.74, 6) is 1.46. The van der Waals surface area contributed by atoms with Gasteiger partial charge in [0, 0.05) is 0 Å². The Kier molecular flexibility index (Phi) is 8.55. The van der Waals surface area contributed by atoms with Crippen LogP contribution in [-0.4, -0.2) is 30.8 Å². The average molecular weight is 296 g/mol. The second-order valence-electron chi connectivity index (χ2n) is 5.20. The Bertz CT molecular complexity index is 377. The van der Waals surface area contributed by atoms with E-state index in [1.807, 2.05) is 0 Å². The highest BCUT2D eigenvalue weighted by Crippen LogP contribution is 2.21. The summed E-state index contributed by atoms with van der Waals surface area (Å²) >= 11 is 0. The molecule has 0 fully saturated rings. The highest BCUT2D eigenvalue weighted by molar-refractivity contribution is 5.22. The predicted molar refractivity (Wildman–Crippen MR) is 83.2 cm³/mol. The number of rotatable bonds is 11. The van der Waals surface area contributed by atoms with Crippen molar-refractivity contribution in [3.8, 4) is 17.8 Å². The van der Waals surface area contributed by atoms with Gasteiger partial charge in [-0.25, -0.2) is 0 Å². The molecule has 5 heteroatoms. The lowest BCUT2D eigenvalue weighted by Gasteiger charge is -2.16. The first-order valence-corrected chi connectivity index (χ1v) is 7.83. The molecule has 0 bridgehead atoms. The van der Waals surface area contributed by atoms with Gasteiger partial charge in [-0.2, -0.15) is 9.97 Å². The summed E-state index contributed by atoms with van der Waals surface area (Å²) in [5, 5.41) is 0. The molecule has 1 aromatic heterocycles. The van der Waals surface area contributed by atoms with Gasteiger partial charge >= 0.3 is 6.01 Å². The number of nitrogens with zero attached hydrogens (tertiary/aromatic N) is 2. The maximum Gasteiger partial charge on any atom is 0.323 e. The first-order chi connectivity index (χ1) is 10.2. The molecule has 1 aromatic rings. The fourth-order valence-corrected chi connectivity index (χ4v) is 2.25. The van der Waals surface area contributed by atoms with Crippen LogP contribution in [0, 0.1) is 5.92 Å². The lowest BCUT2D eigenvalue weighted by atomic mass is 9.97. The zero-order chi connectivity index (χ0) is 15.5. The number of hydrogen-bond acceptors (Lipinski definition) is 5. The Labute approximate surface area is 128 Å². The van der Waals surface area contributed by atoms with Crippen LogP contribution in [0.5, 0.6) is 17.8 Å². The van der Waals surface area contributed by atoms with Crippen LogP contribution in [0.15, 0.2) is 6.07 Å². The van der Waals surface area contributed by atoms with Crippen molar-refractivity contribution < 1.29 is 14.2 Å². The monoisotopic (exact) mass is 296 g/mol. The summed E-state index contributed by atoms with van der Waals surface area (Å²) in [7, 11) is 3.13. The SMILES string of the molecule is CCCCCC(CCC)COc1nc(OC)cc(OC)n1. The highest BCUT2D eigenvalue weighted by atomic mass is 16.5. The molecule has 1 rings (SSSR count). The summed E-state index contributed by atoms with van der Waals surface area (Å²) in [5.41, 5.74) is 0. The molecule has 0 saturated carbocycles. The topological polar surface area (TPSA) is 53.5 Å². The van der Waals surface area contributed by atoms with Crippen molar-refractivity contribution in [3.63, 3.8) is 0 Å². The summed E-state index contributed by atoms with van der Waals surface area (Å²) in [4.78, 5) is 8.39. The number of ether oxygens (including phenoxy) is 3. The van der Waals surface area contributed by atoms with E-state index in [0.717, 1.165) is 0 Å². The third-order valence-electron chi connectivity index (χ3n) is 3.44. The standard InChI is InChI=1S/C16H28N2O3/c1-5-7-8-10-13(9-6-2)12-21-16-17-14(19-3)11-15(18-16)20-4/h11,13H,5-10,12H2,1-4H3. The fourth-order valence-electron chi connectivity index (χ4n) is 2.25. The minimum absolute atomic E-state index is 0.322.